The summed E-state index contributed by atoms with van der Waals surface area (Å²) in [4.78, 5) is 0. The van der Waals surface area contributed by atoms with E-state index in [2.05, 4.69) is 0 Å². The van der Waals surface area contributed by atoms with Gasteiger partial charge < -0.3 is 0 Å². The molecule has 0 spiro atoms. The summed E-state index contributed by atoms with van der Waals surface area (Å²) in [6, 6.07) is 0. The molecule has 4 rings (SSSR count). The number of halogens is 2. The molecule has 186 valence electrons. The Morgan fingerprint density at radius 2 is 0.613 bits per heavy atom. The first kappa shape index (κ1) is 27.5. The second-order valence-electron chi connectivity index (χ2n) is 10.7. The molecule has 0 bridgehead atoms. The molecule has 4 aliphatic carbocycles. The molecule has 0 amide bonds. The number of rotatable bonds is 7. The average molecular weight is 552 g/mol. The predicted octanol–water partition coefficient (Wildman–Crippen LogP) is 10.7. The third-order valence-corrected chi connectivity index (χ3v) is 16.4. The van der Waals surface area contributed by atoms with Crippen molar-refractivity contribution in [2.24, 2.45) is 0 Å². The minimum atomic E-state index is 0.345. The van der Waals surface area contributed by atoms with Gasteiger partial charge >= 0.3 is 33.0 Å². The van der Waals surface area contributed by atoms with E-state index in [1.165, 1.54) is 22.6 Å². The van der Waals surface area contributed by atoms with Crippen molar-refractivity contribution in [1.82, 2.24) is 0 Å². The summed E-state index contributed by atoms with van der Waals surface area (Å²) >= 11 is 0.569. The predicted molar refractivity (Wildman–Crippen MR) is 143 cm³/mol. The Kier molecular flexibility index (Phi) is 14.7. The Labute approximate surface area is 211 Å². The van der Waals surface area contributed by atoms with E-state index in [1.54, 1.807) is 141 Å². The molecule has 4 fully saturated rings. The van der Waals surface area contributed by atoms with Crippen molar-refractivity contribution >= 4 is 36.2 Å². The molecule has 0 unspecified atom stereocenters. The van der Waals surface area contributed by atoms with E-state index in [4.69, 9.17) is 20.4 Å². The van der Waals surface area contributed by atoms with E-state index < -0.39 is 0 Å². The Balaban J connectivity index is 0.000000858. The normalized spacial score (nSPS) is 25.7. The van der Waals surface area contributed by atoms with E-state index in [1.807, 2.05) is 0 Å². The fraction of sp³-hybridized carbons (Fsp3) is 1.00. The van der Waals surface area contributed by atoms with Crippen molar-refractivity contribution in [3.05, 3.63) is 0 Å². The molecule has 5 heteroatoms. The van der Waals surface area contributed by atoms with Crippen LogP contribution in [0.5, 0.6) is 0 Å². The Morgan fingerprint density at radius 3 is 0.806 bits per heavy atom. The van der Waals surface area contributed by atoms with Crippen molar-refractivity contribution in [2.45, 2.75) is 151 Å². The van der Waals surface area contributed by atoms with Crippen molar-refractivity contribution in [3.63, 3.8) is 0 Å². The number of hydrogen-bond donors (Lipinski definition) is 0. The SMILES string of the molecule is C1CCC(P(CCP(C2CCCCC2)C2CCCCC2)C2CCCCC2)CC1.[Cl][Ni][Cl]. The van der Waals surface area contributed by atoms with Crippen molar-refractivity contribution < 1.29 is 12.7 Å². The van der Waals surface area contributed by atoms with Crippen molar-refractivity contribution in [1.29, 1.82) is 0 Å². The van der Waals surface area contributed by atoms with Crippen LogP contribution in [0.1, 0.15) is 128 Å². The topological polar surface area (TPSA) is 0 Å². The van der Waals surface area contributed by atoms with E-state index in [0.29, 0.717) is 28.5 Å². The van der Waals surface area contributed by atoms with Crippen LogP contribution in [0.2, 0.25) is 0 Å². The van der Waals surface area contributed by atoms with Crippen LogP contribution in [-0.4, -0.2) is 35.0 Å². The molecular formula is C26H48Cl2NiP2. The van der Waals surface area contributed by atoms with Crippen LogP contribution < -0.4 is 0 Å². The summed E-state index contributed by atoms with van der Waals surface area (Å²) in [5.41, 5.74) is 4.73. The van der Waals surface area contributed by atoms with Gasteiger partial charge in [0, 0.05) is 0 Å². The van der Waals surface area contributed by atoms with Gasteiger partial charge in [0.05, 0.1) is 0 Å². The van der Waals surface area contributed by atoms with Gasteiger partial charge in [-0.25, -0.2) is 0 Å². The third-order valence-electron chi connectivity index (χ3n) is 8.79. The molecule has 0 atom stereocenters. The summed E-state index contributed by atoms with van der Waals surface area (Å²) in [5.74, 6) is 0. The maximum absolute atomic E-state index is 4.70. The minimum absolute atomic E-state index is 0.345. The molecule has 4 aliphatic rings. The molecule has 0 N–H and O–H groups in total. The summed E-state index contributed by atoms with van der Waals surface area (Å²) in [5, 5.41) is 0. The molecule has 0 aliphatic heterocycles. The Hall–Kier alpha value is 1.93. The van der Waals surface area contributed by atoms with Crippen molar-refractivity contribution in [2.75, 3.05) is 12.3 Å². The second kappa shape index (κ2) is 16.6. The summed E-state index contributed by atoms with van der Waals surface area (Å²) in [7, 11) is 10.1. The van der Waals surface area contributed by atoms with Gasteiger partial charge in [0.15, 0.2) is 0 Å². The quantitative estimate of drug-likeness (QED) is 0.218. The Morgan fingerprint density at radius 1 is 0.419 bits per heavy atom. The van der Waals surface area contributed by atoms with Crippen molar-refractivity contribution in [3.8, 4) is 0 Å². The first-order valence-corrected chi connectivity index (χ1v) is 19.7. The van der Waals surface area contributed by atoms with Gasteiger partial charge in [-0.2, -0.15) is 0 Å². The summed E-state index contributed by atoms with van der Waals surface area (Å²) in [6.45, 7) is 0. The first-order valence-electron chi connectivity index (χ1n) is 13.7. The van der Waals surface area contributed by atoms with E-state index in [0.717, 1.165) is 0 Å². The molecule has 31 heavy (non-hydrogen) atoms. The molecule has 0 aromatic carbocycles. The van der Waals surface area contributed by atoms with Gasteiger partial charge in [-0.05, 0) is 86.3 Å². The molecule has 0 heterocycles. The fourth-order valence-electron chi connectivity index (χ4n) is 7.21. The second-order valence-corrected chi connectivity index (χ2v) is 18.2. The zero-order valence-corrected chi connectivity index (χ0v) is 24.1. The van der Waals surface area contributed by atoms with Crippen LogP contribution in [0.3, 0.4) is 0 Å². The maximum atomic E-state index is 4.70. The van der Waals surface area contributed by atoms with Crippen LogP contribution in [0.15, 0.2) is 0 Å². The molecule has 0 aromatic rings. The summed E-state index contributed by atoms with van der Waals surface area (Å²) in [6.07, 6.45) is 35.1. The van der Waals surface area contributed by atoms with Crippen LogP contribution in [-0.2, 0) is 12.7 Å². The average Bonchev–Trinajstić information content (AvgIpc) is 2.85. The van der Waals surface area contributed by atoms with Crippen LogP contribution in [0.4, 0.5) is 0 Å². The molecule has 0 saturated heterocycles. The van der Waals surface area contributed by atoms with E-state index in [-0.39, 0.29) is 0 Å². The first-order chi connectivity index (χ1) is 15.3. The van der Waals surface area contributed by atoms with Gasteiger partial charge in [0.1, 0.15) is 0 Å². The van der Waals surface area contributed by atoms with Gasteiger partial charge in [-0.15, -0.1) is 0 Å². The number of hydrogen-bond acceptors (Lipinski definition) is 0. The van der Waals surface area contributed by atoms with E-state index >= 15 is 0 Å². The standard InChI is InChI=1S/C26H48P2.2ClH.Ni/c1-5-13-23(14-6-1)27(24-15-7-2-8-16-24)21-22-28(25-17-9-3-10-18-25)26-19-11-4-12-20-26;;;/h23-26H,1-22H2;2*1H;/q;;;+2/p-2. The Bertz CT molecular complexity index is 367. The molecule has 4 saturated carbocycles. The fourth-order valence-corrected chi connectivity index (χ4v) is 15.8. The monoisotopic (exact) mass is 550 g/mol. The van der Waals surface area contributed by atoms with Gasteiger partial charge in [-0.3, -0.25) is 0 Å². The molecule has 0 radical (unpaired) electrons. The van der Waals surface area contributed by atoms with Gasteiger partial charge in [-0.1, -0.05) is 92.9 Å². The van der Waals surface area contributed by atoms with E-state index in [9.17, 15) is 0 Å². The zero-order valence-electron chi connectivity index (χ0n) is 19.8. The molecular weight excluding hydrogens is 504 g/mol. The van der Waals surface area contributed by atoms with Gasteiger partial charge in [0.25, 0.3) is 0 Å². The van der Waals surface area contributed by atoms with Crippen LogP contribution in [0, 0.1) is 0 Å². The molecule has 0 aromatic heterocycles. The molecule has 0 nitrogen and oxygen atoms in total. The van der Waals surface area contributed by atoms with Gasteiger partial charge in [0.2, 0.25) is 0 Å². The third kappa shape index (κ3) is 9.48. The summed E-state index contributed by atoms with van der Waals surface area (Å²) < 4.78 is 0. The van der Waals surface area contributed by atoms with Crippen LogP contribution >= 0.6 is 36.2 Å². The van der Waals surface area contributed by atoms with Crippen LogP contribution in [0.25, 0.3) is 0 Å². The zero-order chi connectivity index (χ0) is 21.7.